The van der Waals surface area contributed by atoms with E-state index in [1.807, 2.05) is 0 Å². The molecule has 1 saturated carbocycles. The molecule has 0 aliphatic heterocycles. The highest BCUT2D eigenvalue weighted by atomic mass is 35.5. The first kappa shape index (κ1) is 13.7. The number of nitrogens with two attached hydrogens (primary N) is 1. The molecule has 16 heavy (non-hydrogen) atoms. The van der Waals surface area contributed by atoms with E-state index in [1.54, 1.807) is 0 Å². The van der Waals surface area contributed by atoms with Gasteiger partial charge in [-0.05, 0) is 24.5 Å². The minimum atomic E-state index is -0.612. The molecule has 0 amide bonds. The molecule has 0 saturated heterocycles. The first-order valence-electron chi connectivity index (χ1n) is 4.98. The number of hydrogen-bond donors (Lipinski definition) is 1. The monoisotopic (exact) mass is 267 g/mol. The number of halogens is 4. The zero-order valence-corrected chi connectivity index (χ0v) is 10.1. The van der Waals surface area contributed by atoms with E-state index in [0.29, 0.717) is 12.3 Å². The Kier molecular flexibility index (Phi) is 4.53. The summed E-state index contributed by atoms with van der Waals surface area (Å²) in [6.07, 6.45) is 2.94. The van der Waals surface area contributed by atoms with Gasteiger partial charge >= 0.3 is 0 Å². The molecule has 1 fully saturated rings. The van der Waals surface area contributed by atoms with Crippen molar-refractivity contribution in [3.05, 3.63) is 34.4 Å². The van der Waals surface area contributed by atoms with Crippen LogP contribution in [0, 0.1) is 17.6 Å². The molecular weight excluding hydrogens is 255 g/mol. The van der Waals surface area contributed by atoms with Crippen LogP contribution in [0.1, 0.15) is 30.9 Å². The van der Waals surface area contributed by atoms with E-state index in [-0.39, 0.29) is 23.0 Å². The average Bonchev–Trinajstić information content (AvgIpc) is 2.96. The smallest absolute Gasteiger partial charge is 0.142 e. The largest absolute Gasteiger partial charge is 0.324 e. The summed E-state index contributed by atoms with van der Waals surface area (Å²) in [6, 6.07) is 1.59. The van der Waals surface area contributed by atoms with E-state index >= 15 is 0 Å². The van der Waals surface area contributed by atoms with Crippen molar-refractivity contribution in [1.29, 1.82) is 0 Å². The van der Waals surface area contributed by atoms with Crippen molar-refractivity contribution >= 4 is 24.0 Å². The van der Waals surface area contributed by atoms with Gasteiger partial charge in [0.05, 0.1) is 5.02 Å². The molecule has 5 heteroatoms. The molecule has 0 unspecified atom stereocenters. The Labute approximate surface area is 104 Å². The number of benzene rings is 1. The lowest BCUT2D eigenvalue weighted by atomic mass is 10.0. The predicted molar refractivity (Wildman–Crippen MR) is 62.9 cm³/mol. The van der Waals surface area contributed by atoms with E-state index in [0.717, 1.165) is 25.0 Å². The van der Waals surface area contributed by atoms with Crippen LogP contribution in [0.2, 0.25) is 5.02 Å². The summed E-state index contributed by atoms with van der Waals surface area (Å²) in [5, 5.41) is -0.178. The fourth-order valence-electron chi connectivity index (χ4n) is 1.71. The molecule has 0 radical (unpaired) electrons. The minimum Gasteiger partial charge on any atom is -0.324 e. The van der Waals surface area contributed by atoms with E-state index in [1.165, 1.54) is 0 Å². The van der Waals surface area contributed by atoms with Crippen LogP contribution in [0.15, 0.2) is 12.1 Å². The quantitative estimate of drug-likeness (QED) is 0.828. The maximum absolute atomic E-state index is 13.4. The predicted octanol–water partition coefficient (Wildman–Crippen LogP) is 3.84. The van der Waals surface area contributed by atoms with Crippen LogP contribution in [0.4, 0.5) is 8.78 Å². The topological polar surface area (TPSA) is 26.0 Å². The van der Waals surface area contributed by atoms with Crippen LogP contribution in [0.5, 0.6) is 0 Å². The molecule has 2 N–H and O–H groups in total. The third-order valence-electron chi connectivity index (χ3n) is 2.73. The molecular formula is C11H13Cl2F2N. The van der Waals surface area contributed by atoms with Crippen LogP contribution in [0.25, 0.3) is 0 Å². The van der Waals surface area contributed by atoms with Crippen molar-refractivity contribution in [2.24, 2.45) is 11.7 Å². The van der Waals surface area contributed by atoms with Gasteiger partial charge in [-0.25, -0.2) is 8.78 Å². The molecule has 2 rings (SSSR count). The first-order valence-corrected chi connectivity index (χ1v) is 5.36. The van der Waals surface area contributed by atoms with E-state index in [4.69, 9.17) is 17.3 Å². The average molecular weight is 268 g/mol. The summed E-state index contributed by atoms with van der Waals surface area (Å²) in [7, 11) is 0. The second-order valence-electron chi connectivity index (χ2n) is 4.04. The zero-order valence-electron chi connectivity index (χ0n) is 8.55. The molecule has 0 spiro atoms. The highest BCUT2D eigenvalue weighted by molar-refractivity contribution is 6.31. The Bertz CT molecular complexity index is 380. The lowest BCUT2D eigenvalue weighted by molar-refractivity contribution is 0.531. The summed E-state index contributed by atoms with van der Waals surface area (Å²) >= 11 is 5.70. The standard InChI is InChI=1S/C11H12ClF2N.ClH/c12-11-8(14)4-3-7(13)10(11)9(15)5-6-1-2-6;/h3-4,6,9H,1-2,5,15H2;1H/t9-;/m1./s1. The minimum absolute atomic E-state index is 0. The van der Waals surface area contributed by atoms with E-state index < -0.39 is 17.7 Å². The molecule has 1 atom stereocenters. The van der Waals surface area contributed by atoms with Crippen molar-refractivity contribution in [3.8, 4) is 0 Å². The van der Waals surface area contributed by atoms with E-state index in [2.05, 4.69) is 0 Å². The van der Waals surface area contributed by atoms with Gasteiger partial charge in [0, 0.05) is 11.6 Å². The summed E-state index contributed by atoms with van der Waals surface area (Å²) in [4.78, 5) is 0. The third-order valence-corrected chi connectivity index (χ3v) is 3.12. The Morgan fingerprint density at radius 3 is 2.44 bits per heavy atom. The van der Waals surface area contributed by atoms with Crippen LogP contribution in [0.3, 0.4) is 0 Å². The maximum Gasteiger partial charge on any atom is 0.142 e. The van der Waals surface area contributed by atoms with Crippen LogP contribution < -0.4 is 5.73 Å². The molecule has 1 aliphatic carbocycles. The van der Waals surface area contributed by atoms with Gasteiger partial charge in [0.2, 0.25) is 0 Å². The molecule has 0 aromatic heterocycles. The normalized spacial score (nSPS) is 16.8. The summed E-state index contributed by atoms with van der Waals surface area (Å²) in [5.74, 6) is -0.576. The summed E-state index contributed by atoms with van der Waals surface area (Å²) < 4.78 is 26.5. The fraction of sp³-hybridized carbons (Fsp3) is 0.455. The molecule has 1 aromatic carbocycles. The van der Waals surface area contributed by atoms with Crippen LogP contribution in [-0.4, -0.2) is 0 Å². The zero-order chi connectivity index (χ0) is 11.0. The van der Waals surface area contributed by atoms with Crippen molar-refractivity contribution in [1.82, 2.24) is 0 Å². The second kappa shape index (κ2) is 5.30. The van der Waals surface area contributed by atoms with Crippen molar-refractivity contribution in [2.45, 2.75) is 25.3 Å². The Hall–Kier alpha value is -0.380. The SMILES string of the molecule is Cl.N[C@H](CC1CC1)c1c(F)ccc(F)c1Cl. The Morgan fingerprint density at radius 1 is 1.31 bits per heavy atom. The van der Waals surface area contributed by atoms with Gasteiger partial charge in [0.15, 0.2) is 0 Å². The first-order chi connectivity index (χ1) is 7.09. The highest BCUT2D eigenvalue weighted by Gasteiger charge is 2.27. The number of hydrogen-bond acceptors (Lipinski definition) is 1. The molecule has 1 aliphatic rings. The lowest BCUT2D eigenvalue weighted by Crippen LogP contribution is -2.14. The molecule has 1 nitrogen and oxygen atoms in total. The number of rotatable bonds is 3. The maximum atomic E-state index is 13.4. The van der Waals surface area contributed by atoms with Crippen molar-refractivity contribution < 1.29 is 8.78 Å². The van der Waals surface area contributed by atoms with Gasteiger partial charge in [0.25, 0.3) is 0 Å². The van der Waals surface area contributed by atoms with Crippen LogP contribution in [-0.2, 0) is 0 Å². The van der Waals surface area contributed by atoms with Gasteiger partial charge in [-0.3, -0.25) is 0 Å². The molecule has 90 valence electrons. The van der Waals surface area contributed by atoms with Gasteiger partial charge in [-0.2, -0.15) is 0 Å². The van der Waals surface area contributed by atoms with Gasteiger partial charge in [-0.15, -0.1) is 12.4 Å². The van der Waals surface area contributed by atoms with Crippen LogP contribution >= 0.6 is 24.0 Å². The molecule has 0 heterocycles. The highest BCUT2D eigenvalue weighted by Crippen LogP contribution is 2.39. The molecule has 1 aromatic rings. The van der Waals surface area contributed by atoms with E-state index in [9.17, 15) is 8.78 Å². The van der Waals surface area contributed by atoms with Crippen molar-refractivity contribution in [2.75, 3.05) is 0 Å². The Morgan fingerprint density at radius 2 is 1.88 bits per heavy atom. The second-order valence-corrected chi connectivity index (χ2v) is 4.42. The van der Waals surface area contributed by atoms with Gasteiger partial charge < -0.3 is 5.73 Å². The van der Waals surface area contributed by atoms with Gasteiger partial charge in [-0.1, -0.05) is 24.4 Å². The third kappa shape index (κ3) is 2.84. The Balaban J connectivity index is 0.00000128. The molecule has 0 bridgehead atoms. The lowest BCUT2D eigenvalue weighted by Gasteiger charge is -2.14. The van der Waals surface area contributed by atoms with Crippen molar-refractivity contribution in [3.63, 3.8) is 0 Å². The summed E-state index contributed by atoms with van der Waals surface area (Å²) in [6.45, 7) is 0. The summed E-state index contributed by atoms with van der Waals surface area (Å²) in [5.41, 5.74) is 5.93. The van der Waals surface area contributed by atoms with Gasteiger partial charge in [0.1, 0.15) is 11.6 Å². The fourth-order valence-corrected chi connectivity index (χ4v) is 2.01.